The van der Waals surface area contributed by atoms with Crippen LogP contribution in [0, 0.1) is 12.8 Å². The van der Waals surface area contributed by atoms with Crippen molar-refractivity contribution in [3.05, 3.63) is 65.7 Å². The Kier molecular flexibility index (Phi) is 9.81. The molecule has 4 unspecified atom stereocenters. The van der Waals surface area contributed by atoms with Crippen molar-refractivity contribution in [1.82, 2.24) is 15.5 Å². The van der Waals surface area contributed by atoms with Crippen molar-refractivity contribution in [3.8, 4) is 0 Å². The van der Waals surface area contributed by atoms with Gasteiger partial charge < -0.3 is 25.0 Å². The Balaban J connectivity index is 1.45. The van der Waals surface area contributed by atoms with E-state index in [1.807, 2.05) is 37.3 Å². The summed E-state index contributed by atoms with van der Waals surface area (Å²) < 4.78 is 37.7. The molecule has 2 aromatic carbocycles. The fraction of sp³-hybridized carbons (Fsp3) is 0.516. The summed E-state index contributed by atoms with van der Waals surface area (Å²) in [5.41, 5.74) is 1.12. The van der Waals surface area contributed by atoms with E-state index < -0.39 is 39.6 Å². The van der Waals surface area contributed by atoms with Crippen LogP contribution in [0.2, 0.25) is 0 Å². The Bertz CT molecular complexity index is 1360. The molecular formula is C31H41N3O7S. The summed E-state index contributed by atoms with van der Waals surface area (Å²) in [6.45, 7) is 7.70. The van der Waals surface area contributed by atoms with Crippen LogP contribution in [0.3, 0.4) is 0 Å². The van der Waals surface area contributed by atoms with Crippen molar-refractivity contribution in [2.75, 3.05) is 12.3 Å². The van der Waals surface area contributed by atoms with Crippen molar-refractivity contribution in [2.45, 2.75) is 88.6 Å². The highest BCUT2D eigenvalue weighted by Crippen LogP contribution is 2.34. The van der Waals surface area contributed by atoms with Gasteiger partial charge in [0, 0.05) is 18.6 Å². The first-order chi connectivity index (χ1) is 19.8. The third-order valence-corrected chi connectivity index (χ3v) is 9.48. The number of carbonyl (C=O) groups excluding carboxylic acids is 3. The topological polar surface area (TPSA) is 131 Å². The van der Waals surface area contributed by atoms with Crippen LogP contribution in [0.1, 0.15) is 57.6 Å². The second-order valence-electron chi connectivity index (χ2n) is 12.2. The van der Waals surface area contributed by atoms with Crippen LogP contribution in [0.25, 0.3) is 0 Å². The molecule has 1 heterocycles. The number of aryl methyl sites for hydroxylation is 1. The molecule has 2 fully saturated rings. The van der Waals surface area contributed by atoms with Crippen LogP contribution in [0.4, 0.5) is 9.59 Å². The van der Waals surface area contributed by atoms with Gasteiger partial charge in [-0.25, -0.2) is 18.0 Å². The summed E-state index contributed by atoms with van der Waals surface area (Å²) in [5, 5.41) is 5.56. The Labute approximate surface area is 248 Å². The smallest absolute Gasteiger partial charge is 0.408 e. The molecule has 4 rings (SSSR count). The molecule has 0 bridgehead atoms. The second kappa shape index (κ2) is 13.1. The maximum atomic E-state index is 13.5. The SMILES string of the molecule is Cc1ccc(S(=O)(=O)CC2CC(NC(=O)OC(C)(C)C)CCC2N2CCC(NC(=O)OCc3ccccc3)C2=O)cc1. The fourth-order valence-corrected chi connectivity index (χ4v) is 7.30. The molecule has 2 N–H and O–H groups in total. The minimum absolute atomic E-state index is 0.0882. The van der Waals surface area contributed by atoms with Gasteiger partial charge in [-0.2, -0.15) is 0 Å². The van der Waals surface area contributed by atoms with Gasteiger partial charge >= 0.3 is 12.2 Å². The van der Waals surface area contributed by atoms with Gasteiger partial charge in [0.1, 0.15) is 18.2 Å². The van der Waals surface area contributed by atoms with Gasteiger partial charge in [-0.15, -0.1) is 0 Å². The van der Waals surface area contributed by atoms with Gasteiger partial charge in [-0.1, -0.05) is 48.0 Å². The molecule has 3 amide bonds. The van der Waals surface area contributed by atoms with E-state index in [0.29, 0.717) is 32.2 Å². The highest BCUT2D eigenvalue weighted by Gasteiger charge is 2.44. The first kappa shape index (κ1) is 31.3. The maximum absolute atomic E-state index is 13.5. The number of rotatable bonds is 8. The van der Waals surface area contributed by atoms with E-state index in [1.54, 1.807) is 49.9 Å². The molecule has 0 spiro atoms. The molecule has 10 nitrogen and oxygen atoms in total. The number of likely N-dealkylation sites (tertiary alicyclic amines) is 1. The number of hydrogen-bond acceptors (Lipinski definition) is 7. The van der Waals surface area contributed by atoms with Crippen LogP contribution < -0.4 is 10.6 Å². The Morgan fingerprint density at radius 2 is 1.64 bits per heavy atom. The number of alkyl carbamates (subject to hydrolysis) is 2. The number of carbonyl (C=O) groups is 3. The molecule has 2 aromatic rings. The van der Waals surface area contributed by atoms with Gasteiger partial charge in [0.15, 0.2) is 9.84 Å². The second-order valence-corrected chi connectivity index (χ2v) is 14.2. The highest BCUT2D eigenvalue weighted by atomic mass is 32.2. The van der Waals surface area contributed by atoms with Crippen LogP contribution in [0.15, 0.2) is 59.5 Å². The van der Waals surface area contributed by atoms with Crippen molar-refractivity contribution >= 4 is 27.9 Å². The van der Waals surface area contributed by atoms with Crippen LogP contribution in [-0.2, 0) is 30.7 Å². The molecule has 1 aliphatic heterocycles. The van der Waals surface area contributed by atoms with Gasteiger partial charge in [0.2, 0.25) is 5.91 Å². The first-order valence-electron chi connectivity index (χ1n) is 14.4. The standard InChI is InChI=1S/C31H41N3O7S/c1-21-10-13-25(14-11-21)42(38,39)20-23-18-24(32-30(37)41-31(2,3)4)12-15-27(23)34-17-16-26(28(34)35)33-29(36)40-19-22-8-6-5-7-9-22/h5-11,13-14,23-24,26-27H,12,15-20H2,1-4H3,(H,32,37)(H,33,36). The molecule has 0 aromatic heterocycles. The monoisotopic (exact) mass is 599 g/mol. The maximum Gasteiger partial charge on any atom is 0.408 e. The van der Waals surface area contributed by atoms with Crippen LogP contribution >= 0.6 is 0 Å². The molecular weight excluding hydrogens is 558 g/mol. The predicted octanol–water partition coefficient (Wildman–Crippen LogP) is 4.36. The summed E-state index contributed by atoms with van der Waals surface area (Å²) in [5.74, 6) is -0.862. The van der Waals surface area contributed by atoms with E-state index in [9.17, 15) is 22.8 Å². The van der Waals surface area contributed by atoms with Crippen molar-refractivity contribution in [3.63, 3.8) is 0 Å². The molecule has 1 aliphatic carbocycles. The van der Waals surface area contributed by atoms with E-state index in [0.717, 1.165) is 11.1 Å². The average molecular weight is 600 g/mol. The van der Waals surface area contributed by atoms with E-state index in [2.05, 4.69) is 10.6 Å². The minimum Gasteiger partial charge on any atom is -0.445 e. The number of ether oxygens (including phenoxy) is 2. The number of benzene rings is 2. The summed E-state index contributed by atoms with van der Waals surface area (Å²) in [6.07, 6.45) is 0.602. The molecule has 42 heavy (non-hydrogen) atoms. The molecule has 11 heteroatoms. The summed E-state index contributed by atoms with van der Waals surface area (Å²) in [7, 11) is -3.68. The van der Waals surface area contributed by atoms with Crippen molar-refractivity contribution < 1.29 is 32.3 Å². The third-order valence-electron chi connectivity index (χ3n) is 7.62. The van der Waals surface area contributed by atoms with Gasteiger partial charge in [0.05, 0.1) is 10.6 Å². The van der Waals surface area contributed by atoms with Gasteiger partial charge in [-0.3, -0.25) is 4.79 Å². The third kappa shape index (κ3) is 8.47. The lowest BCUT2D eigenvalue weighted by Gasteiger charge is -2.41. The zero-order valence-electron chi connectivity index (χ0n) is 24.7. The predicted molar refractivity (Wildman–Crippen MR) is 157 cm³/mol. The average Bonchev–Trinajstić information content (AvgIpc) is 3.26. The molecule has 228 valence electrons. The number of nitrogens with one attached hydrogen (secondary N) is 2. The summed E-state index contributed by atoms with van der Waals surface area (Å²) in [4.78, 5) is 40.3. The number of sulfone groups is 1. The van der Waals surface area contributed by atoms with Crippen LogP contribution in [0.5, 0.6) is 0 Å². The van der Waals surface area contributed by atoms with Crippen molar-refractivity contribution in [2.24, 2.45) is 5.92 Å². The van der Waals surface area contributed by atoms with E-state index in [1.165, 1.54) is 0 Å². The lowest BCUT2D eigenvalue weighted by atomic mass is 9.81. The molecule has 0 radical (unpaired) electrons. The Hall–Kier alpha value is -3.60. The van der Waals surface area contributed by atoms with Crippen LogP contribution in [-0.4, -0.2) is 67.4 Å². The Morgan fingerprint density at radius 1 is 0.952 bits per heavy atom. The van der Waals surface area contributed by atoms with Gasteiger partial charge in [-0.05, 0) is 77.0 Å². The molecule has 1 saturated carbocycles. The van der Waals surface area contributed by atoms with Crippen molar-refractivity contribution in [1.29, 1.82) is 0 Å². The number of hydrogen-bond donors (Lipinski definition) is 2. The minimum atomic E-state index is -3.68. The number of nitrogens with zero attached hydrogens (tertiary/aromatic N) is 1. The van der Waals surface area contributed by atoms with E-state index in [-0.39, 0.29) is 35.2 Å². The normalized spacial score (nSPS) is 22.9. The molecule has 2 aliphatic rings. The summed E-state index contributed by atoms with van der Waals surface area (Å²) in [6, 6.07) is 14.6. The number of amides is 3. The zero-order chi connectivity index (χ0) is 30.5. The molecule has 1 saturated heterocycles. The zero-order valence-corrected chi connectivity index (χ0v) is 25.5. The molecule has 4 atom stereocenters. The lowest BCUT2D eigenvalue weighted by molar-refractivity contribution is -0.133. The fourth-order valence-electron chi connectivity index (χ4n) is 5.64. The first-order valence-corrected chi connectivity index (χ1v) is 16.0. The largest absolute Gasteiger partial charge is 0.445 e. The highest BCUT2D eigenvalue weighted by molar-refractivity contribution is 7.91. The van der Waals surface area contributed by atoms with E-state index in [4.69, 9.17) is 9.47 Å². The van der Waals surface area contributed by atoms with E-state index >= 15 is 0 Å². The van der Waals surface area contributed by atoms with Gasteiger partial charge in [0.25, 0.3) is 0 Å². The summed E-state index contributed by atoms with van der Waals surface area (Å²) >= 11 is 0. The Morgan fingerprint density at radius 3 is 2.31 bits per heavy atom. The lowest BCUT2D eigenvalue weighted by Crippen LogP contribution is -2.53. The quantitative estimate of drug-likeness (QED) is 0.461.